The van der Waals surface area contributed by atoms with Gasteiger partial charge in [-0.1, -0.05) is 54.6 Å². The number of aromatic nitrogens is 2. The Morgan fingerprint density at radius 1 is 0.929 bits per heavy atom. The summed E-state index contributed by atoms with van der Waals surface area (Å²) in [6.45, 7) is 0.181. The minimum Gasteiger partial charge on any atom is -0.760 e. The molecule has 6 nitrogen and oxygen atoms in total. The molecular weight excluding hydrogens is 374 g/mol. The smallest absolute Gasteiger partial charge is 0.279 e. The Morgan fingerprint density at radius 2 is 1.64 bits per heavy atom. The van der Waals surface area contributed by atoms with Crippen LogP contribution in [0.15, 0.2) is 83.7 Å². The van der Waals surface area contributed by atoms with Crippen LogP contribution in [0.4, 0.5) is 0 Å². The van der Waals surface area contributed by atoms with E-state index in [2.05, 4.69) is 9.82 Å². The highest BCUT2D eigenvalue weighted by molar-refractivity contribution is 7.77. The molecule has 0 aliphatic rings. The van der Waals surface area contributed by atoms with Crippen LogP contribution < -0.4 is 10.3 Å². The fourth-order valence-corrected chi connectivity index (χ4v) is 3.40. The highest BCUT2D eigenvalue weighted by Gasteiger charge is 2.13. The SMILES string of the molecule is O=c1c2ccccc2c(-c2cccc(CNS(=O)[O-])c2)nn1-c1ccccc1. The van der Waals surface area contributed by atoms with Crippen LogP contribution in [0, 0.1) is 0 Å². The fraction of sp³-hybridized carbons (Fsp3) is 0.0476. The van der Waals surface area contributed by atoms with Gasteiger partial charge in [-0.2, -0.15) is 9.78 Å². The maximum Gasteiger partial charge on any atom is 0.279 e. The number of benzene rings is 3. The van der Waals surface area contributed by atoms with Crippen molar-refractivity contribution < 1.29 is 8.76 Å². The molecule has 0 fully saturated rings. The first-order valence-corrected chi connectivity index (χ1v) is 9.70. The van der Waals surface area contributed by atoms with Gasteiger partial charge in [-0.05, 0) is 29.8 Å². The minimum atomic E-state index is -2.33. The van der Waals surface area contributed by atoms with E-state index >= 15 is 0 Å². The number of hydrogen-bond acceptors (Lipinski definition) is 4. The second kappa shape index (κ2) is 7.85. The molecule has 0 aliphatic carbocycles. The van der Waals surface area contributed by atoms with Gasteiger partial charge < -0.3 is 4.55 Å². The first-order chi connectivity index (χ1) is 13.6. The number of fused-ring (bicyclic) bond motifs is 1. The molecular formula is C21H16N3O3S-. The van der Waals surface area contributed by atoms with E-state index in [4.69, 9.17) is 0 Å². The third-order valence-electron chi connectivity index (χ3n) is 4.40. The molecule has 28 heavy (non-hydrogen) atoms. The molecule has 3 aromatic carbocycles. The molecule has 0 spiro atoms. The third kappa shape index (κ3) is 3.63. The van der Waals surface area contributed by atoms with E-state index in [1.165, 1.54) is 4.68 Å². The summed E-state index contributed by atoms with van der Waals surface area (Å²) in [5.74, 6) is 0. The summed E-state index contributed by atoms with van der Waals surface area (Å²) in [4.78, 5) is 13.0. The zero-order chi connectivity index (χ0) is 19.5. The van der Waals surface area contributed by atoms with Crippen LogP contribution in [0.3, 0.4) is 0 Å². The molecule has 4 aromatic rings. The molecule has 0 bridgehead atoms. The van der Waals surface area contributed by atoms with Gasteiger partial charge >= 0.3 is 0 Å². The van der Waals surface area contributed by atoms with Crippen molar-refractivity contribution >= 4 is 22.0 Å². The Kier molecular flexibility index (Phi) is 5.12. The molecule has 7 heteroatoms. The summed E-state index contributed by atoms with van der Waals surface area (Å²) < 4.78 is 25.3. The van der Waals surface area contributed by atoms with Crippen LogP contribution in [0.5, 0.6) is 0 Å². The van der Waals surface area contributed by atoms with E-state index in [0.29, 0.717) is 16.8 Å². The van der Waals surface area contributed by atoms with E-state index in [1.807, 2.05) is 72.8 Å². The lowest BCUT2D eigenvalue weighted by atomic mass is 10.0. The van der Waals surface area contributed by atoms with Crippen LogP contribution in [0.2, 0.25) is 0 Å². The van der Waals surface area contributed by atoms with E-state index in [0.717, 1.165) is 16.5 Å². The van der Waals surface area contributed by atoms with Crippen molar-refractivity contribution in [3.8, 4) is 16.9 Å². The van der Waals surface area contributed by atoms with Gasteiger partial charge in [0, 0.05) is 28.8 Å². The van der Waals surface area contributed by atoms with E-state index in [9.17, 15) is 13.6 Å². The molecule has 4 rings (SSSR count). The molecule has 0 amide bonds. The van der Waals surface area contributed by atoms with Crippen LogP contribution in [0.1, 0.15) is 5.56 Å². The minimum absolute atomic E-state index is 0.181. The Morgan fingerprint density at radius 3 is 2.39 bits per heavy atom. The van der Waals surface area contributed by atoms with Crippen LogP contribution in [-0.4, -0.2) is 18.5 Å². The highest BCUT2D eigenvalue weighted by atomic mass is 32.2. The number of nitrogens with one attached hydrogen (secondary N) is 1. The van der Waals surface area contributed by atoms with Crippen molar-refractivity contribution in [2.24, 2.45) is 0 Å². The second-order valence-corrected chi connectivity index (χ2v) is 6.96. The Bertz CT molecular complexity index is 1220. The first-order valence-electron chi connectivity index (χ1n) is 8.63. The van der Waals surface area contributed by atoms with Crippen molar-refractivity contribution in [2.45, 2.75) is 6.54 Å². The van der Waals surface area contributed by atoms with Gasteiger partial charge in [-0.15, -0.1) is 0 Å². The topological polar surface area (TPSA) is 87.1 Å². The number of hydrogen-bond donors (Lipinski definition) is 1. The number of para-hydroxylation sites is 1. The molecule has 0 aliphatic heterocycles. The fourth-order valence-electron chi connectivity index (χ4n) is 3.12. The summed E-state index contributed by atoms with van der Waals surface area (Å²) in [6.07, 6.45) is 0. The third-order valence-corrected chi connectivity index (χ3v) is 4.78. The second-order valence-electron chi connectivity index (χ2n) is 6.20. The average molecular weight is 390 g/mol. The molecule has 0 radical (unpaired) electrons. The van der Waals surface area contributed by atoms with E-state index in [-0.39, 0.29) is 12.1 Å². The van der Waals surface area contributed by atoms with Gasteiger partial charge in [0.15, 0.2) is 0 Å². The Hall–Kier alpha value is -3.13. The van der Waals surface area contributed by atoms with Gasteiger partial charge in [-0.3, -0.25) is 9.00 Å². The lowest BCUT2D eigenvalue weighted by Crippen LogP contribution is -2.22. The van der Waals surface area contributed by atoms with Crippen molar-refractivity contribution in [1.82, 2.24) is 14.5 Å². The Balaban J connectivity index is 1.92. The van der Waals surface area contributed by atoms with Gasteiger partial charge in [0.2, 0.25) is 0 Å². The first kappa shape index (κ1) is 18.2. The van der Waals surface area contributed by atoms with Gasteiger partial charge in [0.1, 0.15) is 0 Å². The predicted octanol–water partition coefficient (Wildman–Crippen LogP) is 2.94. The monoisotopic (exact) mass is 390 g/mol. The molecule has 0 saturated heterocycles. The van der Waals surface area contributed by atoms with Gasteiger partial charge in [0.05, 0.1) is 16.8 Å². The molecule has 0 saturated carbocycles. The molecule has 1 unspecified atom stereocenters. The summed E-state index contributed by atoms with van der Waals surface area (Å²) in [7, 11) is 0. The van der Waals surface area contributed by atoms with Crippen molar-refractivity contribution in [3.05, 3.63) is 94.8 Å². The lowest BCUT2D eigenvalue weighted by molar-refractivity contribution is 0.522. The zero-order valence-corrected chi connectivity index (χ0v) is 15.6. The standard InChI is InChI=1S/C21H17N3O3S/c25-21-19-12-5-4-11-18(19)20(23-24(21)17-9-2-1-3-10-17)16-8-6-7-15(13-16)14-22-28(26)27/h1-13,22H,14H2,(H,26,27)/p-1. The van der Waals surface area contributed by atoms with Crippen LogP contribution in [-0.2, 0) is 17.8 Å². The molecule has 1 atom stereocenters. The molecule has 1 N–H and O–H groups in total. The van der Waals surface area contributed by atoms with Crippen molar-refractivity contribution in [1.29, 1.82) is 0 Å². The quantitative estimate of drug-likeness (QED) is 0.531. The summed E-state index contributed by atoms with van der Waals surface area (Å²) in [6, 6.07) is 24.0. The molecule has 140 valence electrons. The van der Waals surface area contributed by atoms with E-state index < -0.39 is 11.3 Å². The zero-order valence-electron chi connectivity index (χ0n) is 14.7. The maximum absolute atomic E-state index is 13.0. The summed E-state index contributed by atoms with van der Waals surface area (Å²) in [5, 5.41) is 5.96. The normalized spacial score (nSPS) is 12.2. The summed E-state index contributed by atoms with van der Waals surface area (Å²) >= 11 is -2.33. The molecule has 1 heterocycles. The largest absolute Gasteiger partial charge is 0.760 e. The highest BCUT2D eigenvalue weighted by Crippen LogP contribution is 2.26. The van der Waals surface area contributed by atoms with Crippen molar-refractivity contribution in [3.63, 3.8) is 0 Å². The van der Waals surface area contributed by atoms with Crippen molar-refractivity contribution in [2.75, 3.05) is 0 Å². The number of nitrogens with zero attached hydrogens (tertiary/aromatic N) is 2. The van der Waals surface area contributed by atoms with Gasteiger partial charge in [0.25, 0.3) is 5.56 Å². The van der Waals surface area contributed by atoms with Crippen LogP contribution >= 0.6 is 0 Å². The van der Waals surface area contributed by atoms with E-state index in [1.54, 1.807) is 6.07 Å². The van der Waals surface area contributed by atoms with Gasteiger partial charge in [-0.25, -0.2) is 4.72 Å². The molecule has 1 aromatic heterocycles. The lowest BCUT2D eigenvalue weighted by Gasteiger charge is -2.13. The number of rotatable bonds is 5. The Labute approximate surface area is 163 Å². The summed E-state index contributed by atoms with van der Waals surface area (Å²) in [5.41, 5.74) is 2.75. The van der Waals surface area contributed by atoms with Crippen LogP contribution in [0.25, 0.3) is 27.7 Å². The maximum atomic E-state index is 13.0. The predicted molar refractivity (Wildman–Crippen MR) is 109 cm³/mol. The average Bonchev–Trinajstić information content (AvgIpc) is 2.73.